The van der Waals surface area contributed by atoms with Gasteiger partial charge in [0.25, 0.3) is 0 Å². The molecule has 0 aliphatic carbocycles. The second kappa shape index (κ2) is 10.2. The average Bonchev–Trinajstić information content (AvgIpc) is 2.17. The number of carbonyl (C=O) groups excluding carboxylic acids is 1. The van der Waals surface area contributed by atoms with E-state index in [1.807, 2.05) is 0 Å². The molecule has 89 valence electrons. The van der Waals surface area contributed by atoms with Gasteiger partial charge in [0.1, 0.15) is 5.78 Å². The van der Waals surface area contributed by atoms with E-state index in [2.05, 4.69) is 13.8 Å². The van der Waals surface area contributed by atoms with Gasteiger partial charge in [0.2, 0.25) is 0 Å². The van der Waals surface area contributed by atoms with E-state index in [0.29, 0.717) is 11.7 Å². The van der Waals surface area contributed by atoms with Crippen molar-refractivity contribution in [1.82, 2.24) is 0 Å². The number of hydrogen-bond donors (Lipinski definition) is 0. The summed E-state index contributed by atoms with van der Waals surface area (Å²) in [7, 11) is 0. The Morgan fingerprint density at radius 3 is 2.13 bits per heavy atom. The first-order valence-electron chi connectivity index (χ1n) is 6.26. The smallest absolute Gasteiger partial charge is 0.132 e. The van der Waals surface area contributed by atoms with Gasteiger partial charge in [0.15, 0.2) is 0 Å². The summed E-state index contributed by atoms with van der Waals surface area (Å²) in [6.07, 6.45) is 7.43. The minimum Gasteiger partial charge on any atom is -0.300 e. The highest BCUT2D eigenvalue weighted by atomic mass is 16.2. The van der Waals surface area contributed by atoms with Crippen LogP contribution in [0.4, 0.5) is 0 Å². The summed E-state index contributed by atoms with van der Waals surface area (Å²) in [6.45, 7) is 4.41. The van der Waals surface area contributed by atoms with Crippen molar-refractivity contribution in [2.24, 2.45) is 5.92 Å². The molecule has 0 amide bonds. The Balaban J connectivity index is 3.19. The van der Waals surface area contributed by atoms with E-state index in [9.17, 15) is 9.90 Å². The van der Waals surface area contributed by atoms with Crippen molar-refractivity contribution in [3.05, 3.63) is 0 Å². The van der Waals surface area contributed by atoms with Crippen LogP contribution in [-0.2, 0) is 9.90 Å². The Hall–Kier alpha value is -0.370. The molecule has 2 nitrogen and oxygen atoms in total. The van der Waals surface area contributed by atoms with E-state index in [4.69, 9.17) is 0 Å². The first kappa shape index (κ1) is 14.6. The van der Waals surface area contributed by atoms with Crippen molar-refractivity contribution in [3.63, 3.8) is 0 Å². The standard InChI is InChI=1S/C13H25O2/c1-12(2)8-7-10-13(15)9-5-3-4-6-11-14/h12H,3-11H2,1-2H3. The Labute approximate surface area is 94.1 Å². The molecule has 0 saturated heterocycles. The summed E-state index contributed by atoms with van der Waals surface area (Å²) in [5.74, 6) is 1.10. The van der Waals surface area contributed by atoms with Gasteiger partial charge in [0, 0.05) is 12.8 Å². The molecule has 0 aromatic heterocycles. The van der Waals surface area contributed by atoms with Gasteiger partial charge >= 0.3 is 0 Å². The van der Waals surface area contributed by atoms with E-state index in [1.54, 1.807) is 0 Å². The zero-order chi connectivity index (χ0) is 11.5. The van der Waals surface area contributed by atoms with Crippen LogP contribution in [0.5, 0.6) is 0 Å². The molecular formula is C13H25O2. The van der Waals surface area contributed by atoms with Crippen molar-refractivity contribution in [2.75, 3.05) is 6.61 Å². The fraction of sp³-hybridized carbons (Fsp3) is 0.923. The van der Waals surface area contributed by atoms with Crippen molar-refractivity contribution < 1.29 is 9.90 Å². The van der Waals surface area contributed by atoms with Crippen LogP contribution in [0, 0.1) is 5.92 Å². The van der Waals surface area contributed by atoms with Gasteiger partial charge < -0.3 is 0 Å². The number of ketones is 1. The highest BCUT2D eigenvalue weighted by molar-refractivity contribution is 5.78. The third kappa shape index (κ3) is 11.6. The second-order valence-corrected chi connectivity index (χ2v) is 4.69. The van der Waals surface area contributed by atoms with Crippen LogP contribution < -0.4 is 0 Å². The highest BCUT2D eigenvalue weighted by Crippen LogP contribution is 2.10. The molecule has 0 aliphatic heterocycles. The Bertz CT molecular complexity index is 153. The summed E-state index contributed by atoms with van der Waals surface area (Å²) in [5, 5.41) is 10.2. The number of hydrogen-bond acceptors (Lipinski definition) is 1. The molecule has 0 atom stereocenters. The Kier molecular flexibility index (Phi) is 9.91. The third-order valence-electron chi connectivity index (χ3n) is 2.59. The predicted molar refractivity (Wildman–Crippen MR) is 62.3 cm³/mol. The molecule has 15 heavy (non-hydrogen) atoms. The van der Waals surface area contributed by atoms with Crippen LogP contribution in [0.15, 0.2) is 0 Å². The summed E-state index contributed by atoms with van der Waals surface area (Å²) >= 11 is 0. The lowest BCUT2D eigenvalue weighted by Gasteiger charge is -2.03. The zero-order valence-electron chi connectivity index (χ0n) is 10.3. The lowest BCUT2D eigenvalue weighted by molar-refractivity contribution is -0.119. The van der Waals surface area contributed by atoms with Gasteiger partial charge in [-0.25, -0.2) is 5.11 Å². The molecule has 0 aromatic rings. The van der Waals surface area contributed by atoms with Gasteiger partial charge in [-0.2, -0.15) is 0 Å². The third-order valence-corrected chi connectivity index (χ3v) is 2.59. The van der Waals surface area contributed by atoms with E-state index in [1.165, 1.54) is 0 Å². The average molecular weight is 213 g/mol. The molecule has 0 aliphatic rings. The highest BCUT2D eigenvalue weighted by Gasteiger charge is 2.02. The van der Waals surface area contributed by atoms with E-state index in [0.717, 1.165) is 51.4 Å². The van der Waals surface area contributed by atoms with Crippen LogP contribution in [-0.4, -0.2) is 12.4 Å². The Morgan fingerprint density at radius 1 is 0.933 bits per heavy atom. The molecule has 0 heterocycles. The minimum absolute atomic E-state index is 0.0301. The van der Waals surface area contributed by atoms with Gasteiger partial charge in [-0.3, -0.25) is 4.79 Å². The molecule has 0 saturated carbocycles. The number of unbranched alkanes of at least 4 members (excludes halogenated alkanes) is 3. The lowest BCUT2D eigenvalue weighted by atomic mass is 10.0. The maximum absolute atomic E-state index is 11.4. The van der Waals surface area contributed by atoms with Crippen molar-refractivity contribution in [3.8, 4) is 0 Å². The molecule has 0 aromatic carbocycles. The van der Waals surface area contributed by atoms with Crippen molar-refractivity contribution in [2.45, 2.75) is 65.2 Å². The van der Waals surface area contributed by atoms with Crippen molar-refractivity contribution in [1.29, 1.82) is 0 Å². The second-order valence-electron chi connectivity index (χ2n) is 4.69. The summed E-state index contributed by atoms with van der Waals surface area (Å²) in [4.78, 5) is 11.4. The number of rotatable bonds is 10. The first-order chi connectivity index (χ1) is 7.16. The fourth-order valence-corrected chi connectivity index (χ4v) is 1.61. The fourth-order valence-electron chi connectivity index (χ4n) is 1.61. The largest absolute Gasteiger partial charge is 0.300 e. The molecular weight excluding hydrogens is 188 g/mol. The molecule has 0 rings (SSSR count). The molecule has 1 radical (unpaired) electrons. The van der Waals surface area contributed by atoms with E-state index < -0.39 is 0 Å². The topological polar surface area (TPSA) is 37.0 Å². The molecule has 0 unspecified atom stereocenters. The van der Waals surface area contributed by atoms with Gasteiger partial charge in [0.05, 0.1) is 6.61 Å². The monoisotopic (exact) mass is 213 g/mol. The van der Waals surface area contributed by atoms with Crippen LogP contribution in [0.1, 0.15) is 65.2 Å². The maximum atomic E-state index is 11.4. The first-order valence-corrected chi connectivity index (χ1v) is 6.26. The Morgan fingerprint density at radius 2 is 1.53 bits per heavy atom. The van der Waals surface area contributed by atoms with E-state index in [-0.39, 0.29) is 6.61 Å². The van der Waals surface area contributed by atoms with Gasteiger partial charge in [-0.15, -0.1) is 0 Å². The summed E-state index contributed by atoms with van der Waals surface area (Å²) < 4.78 is 0. The van der Waals surface area contributed by atoms with Crippen LogP contribution in [0.3, 0.4) is 0 Å². The molecule has 0 bridgehead atoms. The molecule has 0 fully saturated rings. The summed E-state index contributed by atoms with van der Waals surface area (Å²) in [6, 6.07) is 0. The van der Waals surface area contributed by atoms with Crippen LogP contribution in [0.2, 0.25) is 0 Å². The predicted octanol–water partition coefficient (Wildman–Crippen LogP) is 3.76. The van der Waals surface area contributed by atoms with E-state index >= 15 is 0 Å². The molecule has 2 heteroatoms. The minimum atomic E-state index is 0.0301. The molecule has 0 N–H and O–H groups in total. The van der Waals surface area contributed by atoms with Crippen LogP contribution in [0.25, 0.3) is 0 Å². The lowest BCUT2D eigenvalue weighted by Crippen LogP contribution is -1.99. The quantitative estimate of drug-likeness (QED) is 0.509. The number of carbonyl (C=O) groups is 1. The normalized spacial score (nSPS) is 10.9. The SMILES string of the molecule is CC(C)CCCC(=O)CCCCCC[O]. The van der Waals surface area contributed by atoms with Gasteiger partial charge in [-0.05, 0) is 25.2 Å². The maximum Gasteiger partial charge on any atom is 0.132 e. The zero-order valence-corrected chi connectivity index (χ0v) is 10.3. The van der Waals surface area contributed by atoms with Gasteiger partial charge in [-0.1, -0.05) is 33.1 Å². The number of Topliss-reactive ketones (excluding diaryl/α,β-unsaturated/α-hetero) is 1. The summed E-state index contributed by atoms with van der Waals surface area (Å²) in [5.41, 5.74) is 0. The van der Waals surface area contributed by atoms with Crippen LogP contribution >= 0.6 is 0 Å². The van der Waals surface area contributed by atoms with Crippen molar-refractivity contribution >= 4 is 5.78 Å². The molecule has 0 spiro atoms.